The summed E-state index contributed by atoms with van der Waals surface area (Å²) in [6.45, 7) is 12.2. The van der Waals surface area contributed by atoms with Crippen LogP contribution in [0, 0.1) is 12.8 Å². The lowest BCUT2D eigenvalue weighted by molar-refractivity contribution is 0.183. The van der Waals surface area contributed by atoms with Gasteiger partial charge in [0.25, 0.3) is 0 Å². The molecule has 25 heavy (non-hydrogen) atoms. The standard InChI is InChI=1S/C20H34N4.HI/c1-5-24-12-6-7-18(15-24)14-23-20(21-4)22-13-17(3)19-10-8-16(2)9-11-19;/h8-11,17-18H,5-7,12-15H2,1-4H3,(H2,21,22,23);1H. The summed E-state index contributed by atoms with van der Waals surface area (Å²) < 4.78 is 0. The summed E-state index contributed by atoms with van der Waals surface area (Å²) in [6, 6.07) is 8.81. The first-order valence-electron chi connectivity index (χ1n) is 9.35. The second-order valence-electron chi connectivity index (χ2n) is 7.05. The van der Waals surface area contributed by atoms with Gasteiger partial charge in [-0.2, -0.15) is 0 Å². The van der Waals surface area contributed by atoms with Crippen molar-refractivity contribution in [2.75, 3.05) is 39.8 Å². The minimum Gasteiger partial charge on any atom is -0.356 e. The maximum absolute atomic E-state index is 4.37. The number of benzene rings is 1. The van der Waals surface area contributed by atoms with Crippen LogP contribution in [0.1, 0.15) is 43.7 Å². The van der Waals surface area contributed by atoms with E-state index < -0.39 is 0 Å². The highest BCUT2D eigenvalue weighted by molar-refractivity contribution is 14.0. The minimum absolute atomic E-state index is 0. The predicted octanol–water partition coefficient (Wildman–Crippen LogP) is 3.61. The lowest BCUT2D eigenvalue weighted by Crippen LogP contribution is -2.45. The fourth-order valence-electron chi connectivity index (χ4n) is 3.33. The van der Waals surface area contributed by atoms with Gasteiger partial charge in [-0.3, -0.25) is 4.99 Å². The Labute approximate surface area is 170 Å². The van der Waals surface area contributed by atoms with Crippen LogP contribution < -0.4 is 10.6 Å². The molecule has 0 aliphatic carbocycles. The second kappa shape index (κ2) is 11.7. The zero-order valence-corrected chi connectivity index (χ0v) is 18.5. The largest absolute Gasteiger partial charge is 0.356 e. The average molecular weight is 458 g/mol. The van der Waals surface area contributed by atoms with Crippen LogP contribution in [0.15, 0.2) is 29.3 Å². The predicted molar refractivity (Wildman–Crippen MR) is 119 cm³/mol. The summed E-state index contributed by atoms with van der Waals surface area (Å²) in [5.41, 5.74) is 2.68. The Kier molecular flexibility index (Phi) is 10.4. The normalized spacial score (nSPS) is 19.8. The zero-order valence-electron chi connectivity index (χ0n) is 16.2. The van der Waals surface area contributed by atoms with Gasteiger partial charge in [-0.25, -0.2) is 0 Å². The van der Waals surface area contributed by atoms with Crippen molar-refractivity contribution in [3.05, 3.63) is 35.4 Å². The molecule has 2 atom stereocenters. The van der Waals surface area contributed by atoms with E-state index in [9.17, 15) is 0 Å². The monoisotopic (exact) mass is 458 g/mol. The van der Waals surface area contributed by atoms with Crippen molar-refractivity contribution in [3.8, 4) is 0 Å². The highest BCUT2D eigenvalue weighted by Crippen LogP contribution is 2.16. The Bertz CT molecular complexity index is 515. The second-order valence-corrected chi connectivity index (χ2v) is 7.05. The van der Waals surface area contributed by atoms with Crippen LogP contribution in [-0.2, 0) is 0 Å². The van der Waals surface area contributed by atoms with E-state index in [1.54, 1.807) is 0 Å². The molecule has 2 unspecified atom stereocenters. The van der Waals surface area contributed by atoms with Crippen molar-refractivity contribution < 1.29 is 0 Å². The fraction of sp³-hybridized carbons (Fsp3) is 0.650. The topological polar surface area (TPSA) is 39.7 Å². The molecule has 1 aromatic rings. The van der Waals surface area contributed by atoms with E-state index in [1.807, 2.05) is 7.05 Å². The van der Waals surface area contributed by atoms with E-state index in [0.29, 0.717) is 5.92 Å². The van der Waals surface area contributed by atoms with E-state index in [0.717, 1.165) is 31.5 Å². The molecule has 5 heteroatoms. The number of guanidine groups is 1. The summed E-state index contributed by atoms with van der Waals surface area (Å²) in [5.74, 6) is 2.11. The molecule has 0 aromatic heterocycles. The van der Waals surface area contributed by atoms with Crippen molar-refractivity contribution in [2.45, 2.75) is 39.5 Å². The van der Waals surface area contributed by atoms with Crippen LogP contribution in [0.2, 0.25) is 0 Å². The number of halogens is 1. The number of piperidine rings is 1. The van der Waals surface area contributed by atoms with Crippen LogP contribution in [0.4, 0.5) is 0 Å². The molecule has 0 radical (unpaired) electrons. The van der Waals surface area contributed by atoms with Gasteiger partial charge in [-0.05, 0) is 50.3 Å². The van der Waals surface area contributed by atoms with E-state index in [2.05, 4.69) is 65.6 Å². The molecule has 1 fully saturated rings. The molecule has 1 heterocycles. The van der Waals surface area contributed by atoms with Gasteiger partial charge in [0, 0.05) is 26.7 Å². The Balaban J connectivity index is 0.00000312. The minimum atomic E-state index is 0. The van der Waals surface area contributed by atoms with Crippen LogP contribution in [0.25, 0.3) is 0 Å². The van der Waals surface area contributed by atoms with Gasteiger partial charge in [-0.1, -0.05) is 43.7 Å². The van der Waals surface area contributed by atoms with Gasteiger partial charge in [0.05, 0.1) is 0 Å². The number of hydrogen-bond donors (Lipinski definition) is 2. The summed E-state index contributed by atoms with van der Waals surface area (Å²) in [7, 11) is 1.85. The van der Waals surface area contributed by atoms with E-state index in [1.165, 1.54) is 37.1 Å². The number of nitrogens with one attached hydrogen (secondary N) is 2. The Hall–Kier alpha value is -0.820. The van der Waals surface area contributed by atoms with E-state index >= 15 is 0 Å². The summed E-state index contributed by atoms with van der Waals surface area (Å²) >= 11 is 0. The van der Waals surface area contributed by atoms with E-state index in [4.69, 9.17) is 0 Å². The molecule has 0 spiro atoms. The van der Waals surface area contributed by atoms with E-state index in [-0.39, 0.29) is 24.0 Å². The number of hydrogen-bond acceptors (Lipinski definition) is 2. The number of aliphatic imine (C=N–C) groups is 1. The molecule has 1 aliphatic rings. The zero-order chi connectivity index (χ0) is 17.4. The number of nitrogens with zero attached hydrogens (tertiary/aromatic N) is 2. The lowest BCUT2D eigenvalue weighted by atomic mass is 9.98. The Morgan fingerprint density at radius 2 is 2.00 bits per heavy atom. The maximum atomic E-state index is 4.37. The molecule has 0 amide bonds. The molecule has 1 saturated heterocycles. The molecular weight excluding hydrogens is 423 g/mol. The fourth-order valence-corrected chi connectivity index (χ4v) is 3.33. The maximum Gasteiger partial charge on any atom is 0.191 e. The van der Waals surface area contributed by atoms with Crippen molar-refractivity contribution in [2.24, 2.45) is 10.9 Å². The van der Waals surface area contributed by atoms with Crippen molar-refractivity contribution in [1.82, 2.24) is 15.5 Å². The van der Waals surface area contributed by atoms with Gasteiger partial charge >= 0.3 is 0 Å². The van der Waals surface area contributed by atoms with Gasteiger partial charge in [-0.15, -0.1) is 24.0 Å². The first-order chi connectivity index (χ1) is 11.6. The molecule has 142 valence electrons. The molecule has 2 N–H and O–H groups in total. The highest BCUT2D eigenvalue weighted by atomic mass is 127. The van der Waals surface area contributed by atoms with Gasteiger partial charge in [0.1, 0.15) is 0 Å². The Morgan fingerprint density at radius 3 is 2.64 bits per heavy atom. The molecular formula is C20H35IN4. The van der Waals surface area contributed by atoms with Crippen molar-refractivity contribution in [1.29, 1.82) is 0 Å². The third kappa shape index (κ3) is 7.52. The number of rotatable bonds is 6. The summed E-state index contributed by atoms with van der Waals surface area (Å²) in [6.07, 6.45) is 2.64. The Morgan fingerprint density at radius 1 is 1.28 bits per heavy atom. The quantitative estimate of drug-likeness (QED) is 0.389. The third-order valence-corrected chi connectivity index (χ3v) is 5.05. The van der Waals surface area contributed by atoms with Gasteiger partial charge < -0.3 is 15.5 Å². The summed E-state index contributed by atoms with van der Waals surface area (Å²) in [4.78, 5) is 6.92. The first kappa shape index (κ1) is 22.2. The van der Waals surface area contributed by atoms with Crippen LogP contribution >= 0.6 is 24.0 Å². The molecule has 4 nitrogen and oxygen atoms in total. The molecule has 1 aliphatic heterocycles. The molecule has 0 bridgehead atoms. The van der Waals surface area contributed by atoms with Crippen LogP contribution in [0.3, 0.4) is 0 Å². The smallest absolute Gasteiger partial charge is 0.191 e. The number of likely N-dealkylation sites (tertiary alicyclic amines) is 1. The molecule has 1 aromatic carbocycles. The molecule has 0 saturated carbocycles. The molecule has 2 rings (SSSR count). The third-order valence-electron chi connectivity index (χ3n) is 5.05. The SMILES string of the molecule is CCN1CCCC(CNC(=NC)NCC(C)c2ccc(C)cc2)C1.I. The highest BCUT2D eigenvalue weighted by Gasteiger charge is 2.18. The van der Waals surface area contributed by atoms with Gasteiger partial charge in [0.15, 0.2) is 5.96 Å². The first-order valence-corrected chi connectivity index (χ1v) is 9.35. The van der Waals surface area contributed by atoms with Gasteiger partial charge in [0.2, 0.25) is 0 Å². The average Bonchev–Trinajstić information content (AvgIpc) is 2.62. The lowest BCUT2D eigenvalue weighted by Gasteiger charge is -2.32. The number of aryl methyl sites for hydroxylation is 1. The van der Waals surface area contributed by atoms with Crippen molar-refractivity contribution in [3.63, 3.8) is 0 Å². The van der Waals surface area contributed by atoms with Crippen LogP contribution in [-0.4, -0.2) is 50.6 Å². The van der Waals surface area contributed by atoms with Crippen molar-refractivity contribution >= 4 is 29.9 Å². The van der Waals surface area contributed by atoms with Crippen LogP contribution in [0.5, 0.6) is 0 Å². The summed E-state index contributed by atoms with van der Waals surface area (Å²) in [5, 5.41) is 6.98.